The van der Waals surface area contributed by atoms with Gasteiger partial charge >= 0.3 is 6.18 Å². The Bertz CT molecular complexity index is 1800. The summed E-state index contributed by atoms with van der Waals surface area (Å²) in [7, 11) is 1.59. The van der Waals surface area contributed by atoms with Crippen molar-refractivity contribution in [2.45, 2.75) is 12.7 Å². The average Bonchev–Trinajstić information content (AvgIpc) is 3.53. The minimum atomic E-state index is -4.61. The molecule has 0 aliphatic heterocycles. The van der Waals surface area contributed by atoms with E-state index >= 15 is 0 Å². The Balaban J connectivity index is 1.56. The van der Waals surface area contributed by atoms with Crippen LogP contribution in [0.3, 0.4) is 0 Å². The average molecular weight is 536 g/mol. The third-order valence-electron chi connectivity index (χ3n) is 6.02. The molecule has 6 aromatic rings. The summed E-state index contributed by atoms with van der Waals surface area (Å²) >= 11 is 6.28. The number of ether oxygens (including phenoxy) is 1. The largest absolute Gasteiger partial charge is 0.497 e. The number of aromatic nitrogens is 7. The molecule has 0 atom stereocenters. The lowest BCUT2D eigenvalue weighted by atomic mass is 10.2. The fraction of sp³-hybridized carbons (Fsp3) is 0.115. The minimum absolute atomic E-state index is 0.0173. The zero-order valence-electron chi connectivity index (χ0n) is 19.7. The standard InChI is InChI=1S/C26H17ClF3N7O/c1-38-16-7-5-15(6-8-16)13-36-14-32-21-24(36)34-23(18-3-2-4-20(33-18)26(28,29)30)35-25(21)37-12-10-17-19(37)9-11-31-22(17)27/h2-12,14H,13H2,1H3. The molecule has 5 heterocycles. The first-order valence-electron chi connectivity index (χ1n) is 11.3. The van der Waals surface area contributed by atoms with Crippen molar-refractivity contribution >= 4 is 33.7 Å². The van der Waals surface area contributed by atoms with Crippen LogP contribution < -0.4 is 4.74 Å². The summed E-state index contributed by atoms with van der Waals surface area (Å²) < 4.78 is 49.0. The van der Waals surface area contributed by atoms with Crippen molar-refractivity contribution in [2.75, 3.05) is 7.11 Å². The number of alkyl halides is 3. The van der Waals surface area contributed by atoms with E-state index in [1.165, 1.54) is 12.1 Å². The molecule has 5 aromatic heterocycles. The maximum atomic E-state index is 13.4. The van der Waals surface area contributed by atoms with Crippen LogP contribution in [0.5, 0.6) is 5.75 Å². The molecular formula is C26H17ClF3N7O. The van der Waals surface area contributed by atoms with Crippen molar-refractivity contribution in [1.29, 1.82) is 0 Å². The smallest absolute Gasteiger partial charge is 0.433 e. The molecule has 0 spiro atoms. The number of hydrogen-bond donors (Lipinski definition) is 0. The van der Waals surface area contributed by atoms with Gasteiger partial charge < -0.3 is 9.30 Å². The SMILES string of the molecule is COc1ccc(Cn2cnc3c(-n4ccc5c(Cl)nccc54)nc(-c4cccc(C(F)(F)F)n4)nc32)cc1. The van der Waals surface area contributed by atoms with E-state index in [1.807, 2.05) is 24.3 Å². The summed E-state index contributed by atoms with van der Waals surface area (Å²) in [5.74, 6) is 1.12. The fourth-order valence-corrected chi connectivity index (χ4v) is 4.41. The zero-order valence-corrected chi connectivity index (χ0v) is 20.4. The van der Waals surface area contributed by atoms with Gasteiger partial charge in [0.2, 0.25) is 0 Å². The molecule has 0 fully saturated rings. The van der Waals surface area contributed by atoms with Crippen molar-refractivity contribution in [3.05, 3.63) is 89.7 Å². The lowest BCUT2D eigenvalue weighted by Gasteiger charge is -2.11. The number of hydrogen-bond acceptors (Lipinski definition) is 6. The van der Waals surface area contributed by atoms with Gasteiger partial charge in [0.15, 0.2) is 22.8 Å². The topological polar surface area (TPSA) is 83.5 Å². The van der Waals surface area contributed by atoms with Crippen LogP contribution in [0.25, 0.3) is 39.4 Å². The molecule has 0 aliphatic carbocycles. The third kappa shape index (κ3) is 4.20. The van der Waals surface area contributed by atoms with E-state index in [-0.39, 0.29) is 11.5 Å². The number of imidazole rings is 1. The predicted molar refractivity (Wildman–Crippen MR) is 135 cm³/mol. The summed E-state index contributed by atoms with van der Waals surface area (Å²) in [6, 6.07) is 14.7. The van der Waals surface area contributed by atoms with Gasteiger partial charge in [-0.25, -0.2) is 24.9 Å². The summed E-state index contributed by atoms with van der Waals surface area (Å²) in [5.41, 5.74) is 1.50. The van der Waals surface area contributed by atoms with Crippen molar-refractivity contribution in [1.82, 2.24) is 34.1 Å². The molecule has 38 heavy (non-hydrogen) atoms. The third-order valence-corrected chi connectivity index (χ3v) is 6.32. The lowest BCUT2D eigenvalue weighted by molar-refractivity contribution is -0.141. The summed E-state index contributed by atoms with van der Waals surface area (Å²) in [6.07, 6.45) is 0.332. The van der Waals surface area contributed by atoms with Gasteiger partial charge in [-0.3, -0.25) is 4.57 Å². The second-order valence-corrected chi connectivity index (χ2v) is 8.75. The Morgan fingerprint density at radius 1 is 0.947 bits per heavy atom. The van der Waals surface area contributed by atoms with Gasteiger partial charge in [0, 0.05) is 17.8 Å². The van der Waals surface area contributed by atoms with Crippen molar-refractivity contribution < 1.29 is 17.9 Å². The predicted octanol–water partition coefficient (Wildman–Crippen LogP) is 5.96. The number of pyridine rings is 2. The molecule has 190 valence electrons. The highest BCUT2D eigenvalue weighted by atomic mass is 35.5. The highest BCUT2D eigenvalue weighted by Gasteiger charge is 2.33. The van der Waals surface area contributed by atoms with E-state index in [0.29, 0.717) is 39.6 Å². The van der Waals surface area contributed by atoms with Crippen molar-refractivity contribution in [3.63, 3.8) is 0 Å². The number of fused-ring (bicyclic) bond motifs is 2. The molecule has 8 nitrogen and oxygen atoms in total. The number of methoxy groups -OCH3 is 1. The Morgan fingerprint density at radius 3 is 2.53 bits per heavy atom. The van der Waals surface area contributed by atoms with Crippen LogP contribution in [0.1, 0.15) is 11.3 Å². The first-order valence-corrected chi connectivity index (χ1v) is 11.7. The van der Waals surface area contributed by atoms with Gasteiger partial charge in [0.05, 0.1) is 25.5 Å². The van der Waals surface area contributed by atoms with Gasteiger partial charge in [-0.2, -0.15) is 13.2 Å². The molecule has 0 aliphatic rings. The second-order valence-electron chi connectivity index (χ2n) is 8.39. The first-order chi connectivity index (χ1) is 18.3. The maximum Gasteiger partial charge on any atom is 0.433 e. The number of nitrogens with zero attached hydrogens (tertiary/aromatic N) is 7. The summed E-state index contributed by atoms with van der Waals surface area (Å²) in [6.45, 7) is 0.411. The Labute approximate surface area is 218 Å². The van der Waals surface area contributed by atoms with Crippen LogP contribution in [0.15, 0.2) is 73.3 Å². The van der Waals surface area contributed by atoms with Crippen LogP contribution in [-0.2, 0) is 12.7 Å². The van der Waals surface area contributed by atoms with E-state index in [2.05, 4.69) is 24.9 Å². The van der Waals surface area contributed by atoms with Crippen LogP contribution in [0.4, 0.5) is 13.2 Å². The van der Waals surface area contributed by atoms with Gasteiger partial charge in [-0.15, -0.1) is 0 Å². The van der Waals surface area contributed by atoms with E-state index < -0.39 is 11.9 Å². The van der Waals surface area contributed by atoms with Crippen LogP contribution in [0.2, 0.25) is 5.15 Å². The van der Waals surface area contributed by atoms with E-state index in [9.17, 15) is 13.2 Å². The summed E-state index contributed by atoms with van der Waals surface area (Å²) in [5, 5.41) is 1.01. The monoisotopic (exact) mass is 535 g/mol. The quantitative estimate of drug-likeness (QED) is 0.253. The molecule has 0 amide bonds. The molecule has 12 heteroatoms. The van der Waals surface area contributed by atoms with E-state index in [1.54, 1.807) is 47.1 Å². The van der Waals surface area contributed by atoms with E-state index in [4.69, 9.17) is 16.3 Å². The number of benzene rings is 1. The molecule has 0 N–H and O–H groups in total. The molecule has 0 unspecified atom stereocenters. The van der Waals surface area contributed by atoms with Gasteiger partial charge in [0.25, 0.3) is 0 Å². The number of halogens is 4. The van der Waals surface area contributed by atoms with Gasteiger partial charge in [0.1, 0.15) is 22.3 Å². The highest BCUT2D eigenvalue weighted by molar-refractivity contribution is 6.34. The van der Waals surface area contributed by atoms with E-state index in [0.717, 1.165) is 17.4 Å². The van der Waals surface area contributed by atoms with Crippen molar-refractivity contribution in [3.8, 4) is 23.1 Å². The molecule has 0 radical (unpaired) electrons. The second kappa shape index (κ2) is 9.10. The number of rotatable bonds is 5. The van der Waals surface area contributed by atoms with Crippen LogP contribution >= 0.6 is 11.6 Å². The normalized spacial score (nSPS) is 11.9. The van der Waals surface area contributed by atoms with Gasteiger partial charge in [-0.1, -0.05) is 29.8 Å². The molecular weight excluding hydrogens is 519 g/mol. The van der Waals surface area contributed by atoms with Crippen molar-refractivity contribution in [2.24, 2.45) is 0 Å². The lowest BCUT2D eigenvalue weighted by Crippen LogP contribution is -2.09. The highest BCUT2D eigenvalue weighted by Crippen LogP contribution is 2.31. The molecule has 6 rings (SSSR count). The molecule has 0 saturated heterocycles. The molecule has 0 bridgehead atoms. The van der Waals surface area contributed by atoms with Crippen LogP contribution in [-0.4, -0.2) is 41.2 Å². The van der Waals surface area contributed by atoms with Gasteiger partial charge in [-0.05, 0) is 42.0 Å². The Kier molecular flexibility index (Phi) is 5.72. The van der Waals surface area contributed by atoms with Crippen LogP contribution in [0, 0.1) is 0 Å². The molecule has 1 aromatic carbocycles. The summed E-state index contributed by atoms with van der Waals surface area (Å²) in [4.78, 5) is 21.7. The minimum Gasteiger partial charge on any atom is -0.497 e. The fourth-order valence-electron chi connectivity index (χ4n) is 4.19. The maximum absolute atomic E-state index is 13.4. The molecule has 0 saturated carbocycles. The Hall–Kier alpha value is -4.51. The Morgan fingerprint density at radius 2 is 1.76 bits per heavy atom. The zero-order chi connectivity index (χ0) is 26.4. The first kappa shape index (κ1) is 23.9.